The number of ether oxygens (including phenoxy) is 1. The molecule has 45 heavy (non-hydrogen) atoms. The smallest absolute Gasteiger partial charge is 0.126 e. The maximum absolute atomic E-state index is 10.2. The molecule has 4 aromatic rings. The Hall–Kier alpha value is -4.02. The fourth-order valence-corrected chi connectivity index (χ4v) is 6.86. The molecule has 1 N–H and O–H groups in total. The number of rotatable bonds is 11. The van der Waals surface area contributed by atoms with Gasteiger partial charge in [0.05, 0.1) is 7.11 Å². The largest absolute Gasteiger partial charge is 0.508 e. The van der Waals surface area contributed by atoms with E-state index in [1.54, 1.807) is 7.11 Å². The van der Waals surface area contributed by atoms with Gasteiger partial charge in [-0.2, -0.15) is 0 Å². The Morgan fingerprint density at radius 2 is 1.38 bits per heavy atom. The molecule has 1 atom stereocenters. The van der Waals surface area contributed by atoms with E-state index >= 15 is 0 Å². The van der Waals surface area contributed by atoms with E-state index < -0.39 is 0 Å². The topological polar surface area (TPSA) is 35.9 Å². The molecule has 2 aliphatic rings. The zero-order chi connectivity index (χ0) is 31.4. The minimum Gasteiger partial charge on any atom is -0.508 e. The minimum atomic E-state index is 0.471. The van der Waals surface area contributed by atoms with Gasteiger partial charge in [0, 0.05) is 36.9 Å². The summed E-state index contributed by atoms with van der Waals surface area (Å²) >= 11 is 0. The van der Waals surface area contributed by atoms with E-state index in [-0.39, 0.29) is 0 Å². The maximum Gasteiger partial charge on any atom is 0.126 e. The van der Waals surface area contributed by atoms with Gasteiger partial charge in [-0.15, -0.1) is 0 Å². The summed E-state index contributed by atoms with van der Waals surface area (Å²) in [5.41, 5.74) is 9.30. The highest BCUT2D eigenvalue weighted by molar-refractivity contribution is 5.65. The number of benzene rings is 4. The van der Waals surface area contributed by atoms with Crippen LogP contribution in [0, 0.1) is 0 Å². The molecule has 0 saturated heterocycles. The van der Waals surface area contributed by atoms with Crippen LogP contribution in [-0.2, 0) is 32.4 Å². The number of phenols is 1. The molecule has 2 aliphatic carbocycles. The van der Waals surface area contributed by atoms with Crippen molar-refractivity contribution in [1.29, 1.82) is 0 Å². The second kappa shape index (κ2) is 16.3. The predicted octanol–water partition coefficient (Wildman–Crippen LogP) is 9.06. The molecule has 0 aliphatic heterocycles. The number of nitrogens with zero attached hydrogens (tertiary/aromatic N) is 2. The zero-order valence-electron chi connectivity index (χ0n) is 27.4. The third kappa shape index (κ3) is 8.58. The van der Waals surface area contributed by atoms with Crippen molar-refractivity contribution >= 4 is 6.08 Å². The first kappa shape index (κ1) is 32.4. The van der Waals surface area contributed by atoms with Crippen molar-refractivity contribution in [3.63, 3.8) is 0 Å². The monoisotopic (exact) mass is 602 g/mol. The van der Waals surface area contributed by atoms with Crippen LogP contribution in [0.3, 0.4) is 0 Å². The van der Waals surface area contributed by atoms with E-state index in [1.165, 1.54) is 39.9 Å². The van der Waals surface area contributed by atoms with Crippen LogP contribution in [0.15, 0.2) is 103 Å². The Balaban J connectivity index is 0.000000178. The summed E-state index contributed by atoms with van der Waals surface area (Å²) in [5.74, 6) is 1.45. The van der Waals surface area contributed by atoms with Crippen molar-refractivity contribution in [1.82, 2.24) is 9.80 Å². The van der Waals surface area contributed by atoms with Crippen LogP contribution in [0.1, 0.15) is 72.9 Å². The number of fused-ring (bicyclic) bond motifs is 2. The van der Waals surface area contributed by atoms with Crippen molar-refractivity contribution in [2.45, 2.75) is 77.9 Å². The average molecular weight is 603 g/mol. The zero-order valence-corrected chi connectivity index (χ0v) is 27.4. The molecular formula is C41H50N2O2. The van der Waals surface area contributed by atoms with Gasteiger partial charge in [-0.05, 0) is 97.5 Å². The van der Waals surface area contributed by atoms with Gasteiger partial charge in [0.2, 0.25) is 0 Å². The summed E-state index contributed by atoms with van der Waals surface area (Å²) in [4.78, 5) is 5.11. The van der Waals surface area contributed by atoms with E-state index in [2.05, 4.69) is 115 Å². The molecule has 0 amide bonds. The first-order valence-electron chi connectivity index (χ1n) is 16.8. The summed E-state index contributed by atoms with van der Waals surface area (Å²) in [7, 11) is 1.76. The number of allylic oxidation sites excluding steroid dienone is 1. The standard InChI is InChI=1S/C21H25NO.C20H25NO/c1-3-14-22(16-17-8-5-4-6-9-17)19-13-12-18-10-7-11-21(23-2)20(18)15-19;1-2-13-21(15-16-7-4-3-5-8-16)18-12-11-17-9-6-10-20(22)19(17)14-18/h4-11,15H,3,12-14,16H2,1-2H3;3-10,18,22H,2,11-15H2,1H3. The number of aryl methyl sites for hydroxylation is 2. The number of aromatic hydroxyl groups is 1. The van der Waals surface area contributed by atoms with E-state index in [4.69, 9.17) is 4.74 Å². The molecule has 0 heterocycles. The second-order valence-corrected chi connectivity index (χ2v) is 12.3. The van der Waals surface area contributed by atoms with E-state index in [9.17, 15) is 5.11 Å². The van der Waals surface area contributed by atoms with Gasteiger partial charge in [-0.3, -0.25) is 4.90 Å². The fourth-order valence-electron chi connectivity index (χ4n) is 6.86. The van der Waals surface area contributed by atoms with Gasteiger partial charge in [0.1, 0.15) is 11.5 Å². The minimum absolute atomic E-state index is 0.471. The molecule has 4 nitrogen and oxygen atoms in total. The number of hydrogen-bond donors (Lipinski definition) is 1. The van der Waals surface area contributed by atoms with Crippen molar-refractivity contribution in [3.8, 4) is 11.5 Å². The van der Waals surface area contributed by atoms with Gasteiger partial charge in [-0.25, -0.2) is 0 Å². The highest BCUT2D eigenvalue weighted by Gasteiger charge is 2.25. The molecule has 0 radical (unpaired) electrons. The summed E-state index contributed by atoms with van der Waals surface area (Å²) in [6.07, 6.45) is 10.1. The Kier molecular flexibility index (Phi) is 11.8. The molecule has 0 bridgehead atoms. The third-order valence-electron chi connectivity index (χ3n) is 9.14. The summed E-state index contributed by atoms with van der Waals surface area (Å²) < 4.78 is 5.56. The van der Waals surface area contributed by atoms with Crippen molar-refractivity contribution in [3.05, 3.63) is 136 Å². The van der Waals surface area contributed by atoms with Gasteiger partial charge < -0.3 is 14.7 Å². The van der Waals surface area contributed by atoms with Crippen LogP contribution in [0.5, 0.6) is 11.5 Å². The van der Waals surface area contributed by atoms with Crippen LogP contribution in [-0.4, -0.2) is 41.1 Å². The molecule has 1 unspecified atom stereocenters. The van der Waals surface area contributed by atoms with E-state index in [1.807, 2.05) is 12.1 Å². The van der Waals surface area contributed by atoms with Gasteiger partial charge in [0.15, 0.2) is 0 Å². The molecule has 4 aromatic carbocycles. The molecule has 0 aromatic heterocycles. The van der Waals surface area contributed by atoms with Crippen molar-refractivity contribution < 1.29 is 9.84 Å². The summed E-state index contributed by atoms with van der Waals surface area (Å²) in [6.45, 7) is 8.67. The summed E-state index contributed by atoms with van der Waals surface area (Å²) in [5, 5.41) is 10.2. The lowest BCUT2D eigenvalue weighted by Gasteiger charge is -2.35. The molecule has 236 valence electrons. The SMILES string of the molecule is CCCN(Cc1ccccc1)C1=Cc2c(cccc2OC)CC1.CCCN(Cc1ccccc1)C1CCc2cccc(O)c2C1. The van der Waals surface area contributed by atoms with Gasteiger partial charge in [0.25, 0.3) is 0 Å². The second-order valence-electron chi connectivity index (χ2n) is 12.3. The number of methoxy groups -OCH3 is 1. The Morgan fingerprint density at radius 3 is 2.07 bits per heavy atom. The van der Waals surface area contributed by atoms with Crippen LogP contribution in [0.4, 0.5) is 0 Å². The maximum atomic E-state index is 10.2. The Labute approximate surface area is 271 Å². The quantitative estimate of drug-likeness (QED) is 0.186. The predicted molar refractivity (Wildman–Crippen MR) is 187 cm³/mol. The Bertz CT molecular complexity index is 1520. The highest BCUT2D eigenvalue weighted by Crippen LogP contribution is 2.33. The van der Waals surface area contributed by atoms with Crippen LogP contribution in [0.2, 0.25) is 0 Å². The Morgan fingerprint density at radius 1 is 0.711 bits per heavy atom. The van der Waals surface area contributed by atoms with E-state index in [0.29, 0.717) is 11.8 Å². The molecule has 4 heteroatoms. The summed E-state index contributed by atoms with van der Waals surface area (Å²) in [6, 6.07) is 34.3. The van der Waals surface area contributed by atoms with Crippen LogP contribution < -0.4 is 4.74 Å². The molecule has 0 fully saturated rings. The molecule has 6 rings (SSSR count). The lowest BCUT2D eigenvalue weighted by atomic mass is 9.86. The van der Waals surface area contributed by atoms with Gasteiger partial charge >= 0.3 is 0 Å². The normalized spacial score (nSPS) is 15.3. The number of hydrogen-bond acceptors (Lipinski definition) is 4. The van der Waals surface area contributed by atoms with Crippen LogP contribution in [0.25, 0.3) is 6.08 Å². The first-order valence-corrected chi connectivity index (χ1v) is 16.8. The van der Waals surface area contributed by atoms with Crippen molar-refractivity contribution in [2.75, 3.05) is 20.2 Å². The average Bonchev–Trinajstić information content (AvgIpc) is 3.09. The molecular weight excluding hydrogens is 552 g/mol. The van der Waals surface area contributed by atoms with Crippen molar-refractivity contribution in [2.24, 2.45) is 0 Å². The lowest BCUT2D eigenvalue weighted by Crippen LogP contribution is -2.39. The van der Waals surface area contributed by atoms with Gasteiger partial charge in [-0.1, -0.05) is 98.8 Å². The first-order chi connectivity index (χ1) is 22.1. The molecule has 0 saturated carbocycles. The lowest BCUT2D eigenvalue weighted by molar-refractivity contribution is 0.170. The fraction of sp³-hybridized carbons (Fsp3) is 0.366. The van der Waals surface area contributed by atoms with E-state index in [0.717, 1.165) is 76.0 Å². The third-order valence-corrected chi connectivity index (χ3v) is 9.14. The number of phenolic OH excluding ortho intramolecular Hbond substituents is 1. The highest BCUT2D eigenvalue weighted by atomic mass is 16.5. The van der Waals surface area contributed by atoms with Crippen LogP contribution >= 0.6 is 0 Å². The molecule has 0 spiro atoms.